The van der Waals surface area contributed by atoms with E-state index in [9.17, 15) is 9.90 Å². The average Bonchev–Trinajstić information content (AvgIpc) is 2.96. The minimum Gasteiger partial charge on any atom is -0.479 e. The molecular formula is C12H20N4O2. The molecule has 0 spiro atoms. The van der Waals surface area contributed by atoms with Crippen LogP contribution in [-0.4, -0.2) is 31.3 Å². The molecule has 1 aromatic rings. The summed E-state index contributed by atoms with van der Waals surface area (Å²) in [6.45, 7) is 5.64. The van der Waals surface area contributed by atoms with Crippen molar-refractivity contribution in [3.8, 4) is 0 Å². The number of carboxylic acids is 1. The van der Waals surface area contributed by atoms with E-state index < -0.39 is 11.5 Å². The second kappa shape index (κ2) is 4.33. The average molecular weight is 252 g/mol. The van der Waals surface area contributed by atoms with Crippen LogP contribution in [-0.2, 0) is 15.7 Å². The predicted molar refractivity (Wildman–Crippen MR) is 65.2 cm³/mol. The zero-order chi connectivity index (χ0) is 13.4. The molecule has 0 bridgehead atoms. The van der Waals surface area contributed by atoms with Gasteiger partial charge in [-0.2, -0.15) is 0 Å². The van der Waals surface area contributed by atoms with E-state index in [0.29, 0.717) is 12.2 Å². The number of carbonyl (C=O) groups is 1. The quantitative estimate of drug-likeness (QED) is 0.882. The lowest BCUT2D eigenvalue weighted by molar-refractivity contribution is -0.147. The summed E-state index contributed by atoms with van der Waals surface area (Å²) < 4.78 is 1.51. The maximum absolute atomic E-state index is 11.5. The van der Waals surface area contributed by atoms with Crippen LogP contribution in [0, 0.1) is 0 Å². The van der Waals surface area contributed by atoms with Crippen molar-refractivity contribution >= 4 is 5.97 Å². The van der Waals surface area contributed by atoms with Gasteiger partial charge in [0, 0.05) is 5.41 Å². The summed E-state index contributed by atoms with van der Waals surface area (Å²) >= 11 is 0. The van der Waals surface area contributed by atoms with Crippen LogP contribution < -0.4 is 0 Å². The van der Waals surface area contributed by atoms with Gasteiger partial charge in [0.1, 0.15) is 0 Å². The Balaban J connectivity index is 2.47. The van der Waals surface area contributed by atoms with Gasteiger partial charge in [0.2, 0.25) is 0 Å². The molecule has 1 aromatic heterocycles. The van der Waals surface area contributed by atoms with Crippen molar-refractivity contribution in [1.82, 2.24) is 20.2 Å². The Morgan fingerprint density at radius 3 is 2.61 bits per heavy atom. The lowest BCUT2D eigenvalue weighted by Gasteiger charge is -2.29. The van der Waals surface area contributed by atoms with Gasteiger partial charge >= 0.3 is 5.97 Å². The van der Waals surface area contributed by atoms with Crippen LogP contribution in [0.1, 0.15) is 58.7 Å². The fourth-order valence-corrected chi connectivity index (χ4v) is 2.67. The lowest BCUT2D eigenvalue weighted by atomic mass is 9.86. The summed E-state index contributed by atoms with van der Waals surface area (Å²) in [5.41, 5.74) is -1.15. The van der Waals surface area contributed by atoms with E-state index in [2.05, 4.69) is 22.4 Å². The number of tetrazole rings is 1. The molecule has 0 radical (unpaired) electrons. The molecule has 0 amide bonds. The molecule has 1 unspecified atom stereocenters. The van der Waals surface area contributed by atoms with Gasteiger partial charge in [-0.05, 0) is 36.6 Å². The fourth-order valence-electron chi connectivity index (χ4n) is 2.67. The highest BCUT2D eigenvalue weighted by atomic mass is 16.4. The summed E-state index contributed by atoms with van der Waals surface area (Å²) in [6.07, 6.45) is 4.80. The van der Waals surface area contributed by atoms with Gasteiger partial charge < -0.3 is 5.11 Å². The van der Waals surface area contributed by atoms with Crippen molar-refractivity contribution in [2.24, 2.45) is 0 Å². The van der Waals surface area contributed by atoms with E-state index in [1.807, 2.05) is 6.92 Å². The molecule has 2 rings (SSSR count). The SMILES string of the molecule is CCC(C)(C(=O)O)n1nnnc1C1(C)CCCC1. The zero-order valence-corrected chi connectivity index (χ0v) is 11.2. The summed E-state index contributed by atoms with van der Waals surface area (Å²) in [5.74, 6) is -0.174. The first-order valence-electron chi connectivity index (χ1n) is 6.47. The van der Waals surface area contributed by atoms with Crippen molar-refractivity contribution in [2.75, 3.05) is 0 Å². The molecule has 1 aliphatic rings. The van der Waals surface area contributed by atoms with Crippen molar-refractivity contribution < 1.29 is 9.90 Å². The molecule has 1 atom stereocenters. The summed E-state index contributed by atoms with van der Waals surface area (Å²) in [7, 11) is 0. The van der Waals surface area contributed by atoms with E-state index in [0.717, 1.165) is 25.7 Å². The standard InChI is InChI=1S/C12H20N4O2/c1-4-12(3,10(17)18)16-9(13-14-15-16)11(2)7-5-6-8-11/h4-8H2,1-3H3,(H,17,18). The van der Waals surface area contributed by atoms with Gasteiger partial charge in [0.05, 0.1) is 0 Å². The number of carboxylic acid groups (broad SMARTS) is 1. The molecule has 0 aliphatic heterocycles. The van der Waals surface area contributed by atoms with Crippen LogP contribution in [0.5, 0.6) is 0 Å². The minimum absolute atomic E-state index is 0.0879. The smallest absolute Gasteiger partial charge is 0.331 e. The fraction of sp³-hybridized carbons (Fsp3) is 0.833. The van der Waals surface area contributed by atoms with Crippen LogP contribution in [0.15, 0.2) is 0 Å². The molecular weight excluding hydrogens is 232 g/mol. The van der Waals surface area contributed by atoms with Crippen LogP contribution in [0.2, 0.25) is 0 Å². The van der Waals surface area contributed by atoms with Gasteiger partial charge in [0.25, 0.3) is 0 Å². The van der Waals surface area contributed by atoms with Gasteiger partial charge in [0.15, 0.2) is 11.4 Å². The summed E-state index contributed by atoms with van der Waals surface area (Å²) in [5, 5.41) is 21.2. The number of aromatic nitrogens is 4. The first-order chi connectivity index (χ1) is 8.44. The minimum atomic E-state index is -1.07. The van der Waals surface area contributed by atoms with Crippen LogP contribution in [0.25, 0.3) is 0 Å². The molecule has 1 fully saturated rings. The second-order valence-corrected chi connectivity index (χ2v) is 5.61. The lowest BCUT2D eigenvalue weighted by Crippen LogP contribution is -2.42. The topological polar surface area (TPSA) is 80.9 Å². The third kappa shape index (κ3) is 1.79. The molecule has 100 valence electrons. The van der Waals surface area contributed by atoms with Crippen LogP contribution in [0.3, 0.4) is 0 Å². The number of rotatable bonds is 4. The molecule has 6 nitrogen and oxygen atoms in total. The first-order valence-corrected chi connectivity index (χ1v) is 6.47. The first kappa shape index (κ1) is 13.0. The normalized spacial score (nSPS) is 21.7. The highest BCUT2D eigenvalue weighted by Crippen LogP contribution is 2.40. The van der Waals surface area contributed by atoms with Crippen LogP contribution in [0.4, 0.5) is 0 Å². The Labute approximate surface area is 106 Å². The molecule has 1 aliphatic carbocycles. The molecule has 1 heterocycles. The van der Waals surface area contributed by atoms with Crippen molar-refractivity contribution in [3.05, 3.63) is 5.82 Å². The van der Waals surface area contributed by atoms with E-state index in [1.165, 1.54) is 4.68 Å². The van der Waals surface area contributed by atoms with Gasteiger partial charge in [-0.15, -0.1) is 5.10 Å². The number of aliphatic carboxylic acids is 1. The molecule has 18 heavy (non-hydrogen) atoms. The Kier molecular flexibility index (Phi) is 3.12. The Bertz CT molecular complexity index is 451. The predicted octanol–water partition coefficient (Wildman–Crippen LogP) is 1.71. The number of hydrogen-bond donors (Lipinski definition) is 1. The highest BCUT2D eigenvalue weighted by Gasteiger charge is 2.43. The summed E-state index contributed by atoms with van der Waals surface area (Å²) in [4.78, 5) is 11.5. The van der Waals surface area contributed by atoms with Gasteiger partial charge in [-0.25, -0.2) is 9.48 Å². The Morgan fingerprint density at radius 2 is 2.11 bits per heavy atom. The van der Waals surface area contributed by atoms with Crippen molar-refractivity contribution in [1.29, 1.82) is 0 Å². The largest absolute Gasteiger partial charge is 0.479 e. The summed E-state index contributed by atoms with van der Waals surface area (Å²) in [6, 6.07) is 0. The maximum atomic E-state index is 11.5. The van der Waals surface area contributed by atoms with Gasteiger partial charge in [-0.1, -0.05) is 26.7 Å². The van der Waals surface area contributed by atoms with E-state index in [-0.39, 0.29) is 5.41 Å². The monoisotopic (exact) mass is 252 g/mol. The number of nitrogens with zero attached hydrogens (tertiary/aromatic N) is 4. The molecule has 1 saturated carbocycles. The van der Waals surface area contributed by atoms with Crippen molar-refractivity contribution in [2.45, 2.75) is 63.8 Å². The third-order valence-corrected chi connectivity index (χ3v) is 4.33. The van der Waals surface area contributed by atoms with Gasteiger partial charge in [-0.3, -0.25) is 0 Å². The molecule has 6 heteroatoms. The van der Waals surface area contributed by atoms with Crippen molar-refractivity contribution in [3.63, 3.8) is 0 Å². The second-order valence-electron chi connectivity index (χ2n) is 5.61. The highest BCUT2D eigenvalue weighted by molar-refractivity contribution is 5.76. The number of hydrogen-bond acceptors (Lipinski definition) is 4. The molecule has 0 aromatic carbocycles. The third-order valence-electron chi connectivity index (χ3n) is 4.33. The molecule has 1 N–H and O–H groups in total. The Hall–Kier alpha value is -1.46. The zero-order valence-electron chi connectivity index (χ0n) is 11.2. The van der Waals surface area contributed by atoms with E-state index in [4.69, 9.17) is 0 Å². The van der Waals surface area contributed by atoms with Crippen LogP contribution >= 0.6 is 0 Å². The molecule has 0 saturated heterocycles. The Morgan fingerprint density at radius 1 is 1.50 bits per heavy atom. The van der Waals surface area contributed by atoms with E-state index in [1.54, 1.807) is 6.92 Å². The van der Waals surface area contributed by atoms with E-state index >= 15 is 0 Å². The maximum Gasteiger partial charge on any atom is 0.331 e.